The van der Waals surface area contributed by atoms with Gasteiger partial charge in [-0.05, 0) is 29.8 Å². The van der Waals surface area contributed by atoms with Crippen molar-refractivity contribution in [3.8, 4) is 5.75 Å². The molecular weight excluding hydrogens is 363 g/mol. The quantitative estimate of drug-likeness (QED) is 0.278. The first-order chi connectivity index (χ1) is 12.1. The molecule has 0 aliphatic rings. The number of rotatable bonds is 5. The van der Waals surface area contributed by atoms with Crippen LogP contribution in [0, 0.1) is 5.82 Å². The molecule has 0 atom stereocenters. The third-order valence-corrected chi connectivity index (χ3v) is 4.36. The third-order valence-electron chi connectivity index (χ3n) is 3.15. The summed E-state index contributed by atoms with van der Waals surface area (Å²) in [6, 6.07) is 14.9. The van der Waals surface area contributed by atoms with Crippen molar-refractivity contribution in [2.45, 2.75) is 10.9 Å². The molecule has 1 heterocycles. The van der Waals surface area contributed by atoms with Gasteiger partial charge in [0.05, 0.1) is 11.2 Å². The predicted octanol–water partition coefficient (Wildman–Crippen LogP) is 4.78. The van der Waals surface area contributed by atoms with Gasteiger partial charge in [-0.1, -0.05) is 53.7 Å². The predicted molar refractivity (Wildman–Crippen MR) is 94.4 cm³/mol. The van der Waals surface area contributed by atoms with Gasteiger partial charge < -0.3 is 4.74 Å². The van der Waals surface area contributed by atoms with Gasteiger partial charge in [-0.3, -0.25) is 0 Å². The molecule has 3 aromatic rings. The molecular formula is C18H12ClFN2O2S. The van der Waals surface area contributed by atoms with Crippen LogP contribution < -0.4 is 4.74 Å². The minimum absolute atomic E-state index is 0.0310. The van der Waals surface area contributed by atoms with E-state index in [1.165, 1.54) is 42.2 Å². The van der Waals surface area contributed by atoms with Crippen molar-refractivity contribution < 1.29 is 13.9 Å². The highest BCUT2D eigenvalue weighted by Gasteiger charge is 2.17. The van der Waals surface area contributed by atoms with E-state index in [0.29, 0.717) is 10.9 Å². The maximum Gasteiger partial charge on any atom is 0.364 e. The van der Waals surface area contributed by atoms with E-state index >= 15 is 0 Å². The second kappa shape index (κ2) is 8.09. The molecule has 126 valence electrons. The van der Waals surface area contributed by atoms with E-state index in [2.05, 4.69) is 9.97 Å². The number of hydrogen-bond acceptors (Lipinski definition) is 5. The number of carbonyl (C=O) groups excluding carboxylic acids is 1. The molecule has 0 aliphatic carbocycles. The van der Waals surface area contributed by atoms with Crippen molar-refractivity contribution in [3.05, 3.63) is 82.9 Å². The molecule has 0 fully saturated rings. The second-order valence-electron chi connectivity index (χ2n) is 4.97. The highest BCUT2D eigenvalue weighted by atomic mass is 35.5. The molecule has 2 aromatic carbocycles. The van der Waals surface area contributed by atoms with Gasteiger partial charge in [0.2, 0.25) is 0 Å². The largest absolute Gasteiger partial charge is 0.422 e. The minimum Gasteiger partial charge on any atom is -0.422 e. The number of benzene rings is 2. The Balaban J connectivity index is 1.72. The summed E-state index contributed by atoms with van der Waals surface area (Å²) in [6.45, 7) is 0. The lowest BCUT2D eigenvalue weighted by Crippen LogP contribution is -2.12. The van der Waals surface area contributed by atoms with E-state index in [4.69, 9.17) is 16.3 Å². The van der Waals surface area contributed by atoms with Crippen LogP contribution in [-0.2, 0) is 5.75 Å². The lowest BCUT2D eigenvalue weighted by atomic mass is 10.2. The first kappa shape index (κ1) is 17.4. The minimum atomic E-state index is -0.722. The van der Waals surface area contributed by atoms with Crippen molar-refractivity contribution in [2.75, 3.05) is 0 Å². The molecule has 4 nitrogen and oxygen atoms in total. The van der Waals surface area contributed by atoms with E-state index in [0.717, 1.165) is 5.56 Å². The molecule has 3 rings (SSSR count). The van der Waals surface area contributed by atoms with Crippen molar-refractivity contribution >= 4 is 29.3 Å². The van der Waals surface area contributed by atoms with E-state index < -0.39 is 11.8 Å². The molecule has 0 spiro atoms. The Morgan fingerprint density at radius 1 is 1.12 bits per heavy atom. The van der Waals surface area contributed by atoms with Gasteiger partial charge in [0.1, 0.15) is 11.6 Å². The first-order valence-corrected chi connectivity index (χ1v) is 8.65. The van der Waals surface area contributed by atoms with E-state index in [1.54, 1.807) is 0 Å². The fourth-order valence-electron chi connectivity index (χ4n) is 1.94. The van der Waals surface area contributed by atoms with Gasteiger partial charge in [-0.15, -0.1) is 0 Å². The number of nitrogens with zero attached hydrogens (tertiary/aromatic N) is 2. The van der Waals surface area contributed by atoms with Gasteiger partial charge >= 0.3 is 5.97 Å². The summed E-state index contributed by atoms with van der Waals surface area (Å²) in [7, 11) is 0. The summed E-state index contributed by atoms with van der Waals surface area (Å²) in [5, 5.41) is 0.510. The fourth-order valence-corrected chi connectivity index (χ4v) is 2.88. The van der Waals surface area contributed by atoms with Crippen molar-refractivity contribution in [3.63, 3.8) is 0 Å². The summed E-state index contributed by atoms with van der Waals surface area (Å²) < 4.78 is 18.1. The number of carbonyl (C=O) groups is 1. The van der Waals surface area contributed by atoms with Gasteiger partial charge in [0.15, 0.2) is 10.9 Å². The van der Waals surface area contributed by atoms with Gasteiger partial charge in [-0.25, -0.2) is 19.2 Å². The Bertz CT molecular complexity index is 876. The van der Waals surface area contributed by atoms with Crippen LogP contribution in [0.1, 0.15) is 16.1 Å². The van der Waals surface area contributed by atoms with Crippen LogP contribution in [-0.4, -0.2) is 15.9 Å². The van der Waals surface area contributed by atoms with Crippen molar-refractivity contribution in [1.82, 2.24) is 9.97 Å². The number of aromatic nitrogens is 2. The number of hydrogen-bond donors (Lipinski definition) is 0. The van der Waals surface area contributed by atoms with Crippen molar-refractivity contribution in [1.29, 1.82) is 0 Å². The summed E-state index contributed by atoms with van der Waals surface area (Å²) >= 11 is 7.39. The lowest BCUT2D eigenvalue weighted by Gasteiger charge is -2.07. The van der Waals surface area contributed by atoms with Crippen LogP contribution in [0.5, 0.6) is 5.75 Å². The van der Waals surface area contributed by atoms with Gasteiger partial charge in [0.25, 0.3) is 0 Å². The maximum atomic E-state index is 12.9. The molecule has 0 unspecified atom stereocenters. The van der Waals surface area contributed by atoms with Crippen LogP contribution in [0.15, 0.2) is 66.0 Å². The Morgan fingerprint density at radius 3 is 2.56 bits per heavy atom. The van der Waals surface area contributed by atoms with Crippen LogP contribution in [0.4, 0.5) is 4.39 Å². The average Bonchev–Trinajstić information content (AvgIpc) is 2.64. The molecule has 0 amide bonds. The van der Waals surface area contributed by atoms with E-state index in [9.17, 15) is 9.18 Å². The highest BCUT2D eigenvalue weighted by molar-refractivity contribution is 7.98. The van der Waals surface area contributed by atoms with Crippen LogP contribution in [0.2, 0.25) is 5.02 Å². The van der Waals surface area contributed by atoms with Crippen LogP contribution >= 0.6 is 23.4 Å². The highest BCUT2D eigenvalue weighted by Crippen LogP contribution is 2.23. The maximum absolute atomic E-state index is 12.9. The molecule has 0 saturated heterocycles. The Morgan fingerprint density at radius 2 is 1.84 bits per heavy atom. The van der Waals surface area contributed by atoms with Crippen LogP contribution in [0.3, 0.4) is 0 Å². The molecule has 0 aliphatic heterocycles. The number of esters is 1. The topological polar surface area (TPSA) is 52.1 Å². The summed E-state index contributed by atoms with van der Waals surface area (Å²) in [5.41, 5.74) is 1.08. The standard InChI is InChI=1S/C18H12ClFN2O2S/c19-15-10-21-18(25-11-12-4-2-1-3-5-12)22-16(15)17(23)24-14-8-6-13(20)7-9-14/h1-10H,11H2. The van der Waals surface area contributed by atoms with Crippen LogP contribution in [0.25, 0.3) is 0 Å². The Hall–Kier alpha value is -2.44. The second-order valence-corrected chi connectivity index (χ2v) is 6.32. The zero-order valence-electron chi connectivity index (χ0n) is 12.9. The van der Waals surface area contributed by atoms with E-state index in [-0.39, 0.29) is 16.5 Å². The number of halogens is 2. The molecule has 0 radical (unpaired) electrons. The Labute approximate surface area is 153 Å². The number of thioether (sulfide) groups is 1. The molecule has 1 aromatic heterocycles. The Kier molecular flexibility index (Phi) is 5.63. The molecule has 25 heavy (non-hydrogen) atoms. The first-order valence-electron chi connectivity index (χ1n) is 7.29. The zero-order chi connectivity index (χ0) is 17.6. The smallest absolute Gasteiger partial charge is 0.364 e. The number of ether oxygens (including phenoxy) is 1. The normalized spacial score (nSPS) is 10.5. The monoisotopic (exact) mass is 374 g/mol. The van der Waals surface area contributed by atoms with Crippen molar-refractivity contribution in [2.24, 2.45) is 0 Å². The van der Waals surface area contributed by atoms with Gasteiger partial charge in [0, 0.05) is 5.75 Å². The molecule has 0 bridgehead atoms. The zero-order valence-corrected chi connectivity index (χ0v) is 14.4. The molecule has 0 N–H and O–H groups in total. The molecule has 0 saturated carbocycles. The summed E-state index contributed by atoms with van der Waals surface area (Å²) in [4.78, 5) is 20.5. The van der Waals surface area contributed by atoms with E-state index in [1.807, 2.05) is 30.3 Å². The lowest BCUT2D eigenvalue weighted by molar-refractivity contribution is 0.0727. The summed E-state index contributed by atoms with van der Waals surface area (Å²) in [6.07, 6.45) is 1.36. The average molecular weight is 375 g/mol. The SMILES string of the molecule is O=C(Oc1ccc(F)cc1)c1nc(SCc2ccccc2)ncc1Cl. The summed E-state index contributed by atoms with van der Waals surface area (Å²) in [5.74, 6) is -0.269. The molecule has 7 heteroatoms. The third kappa shape index (κ3) is 4.78. The fraction of sp³-hybridized carbons (Fsp3) is 0.0556. The van der Waals surface area contributed by atoms with Gasteiger partial charge in [-0.2, -0.15) is 0 Å².